The number of hydrogen-bond donors (Lipinski definition) is 3. The van der Waals surface area contributed by atoms with E-state index in [-0.39, 0.29) is 19.1 Å². The Bertz CT molecular complexity index is 155. The number of aliphatic hydroxyl groups excluding tert-OH is 1. The van der Waals surface area contributed by atoms with Crippen LogP contribution in [-0.4, -0.2) is 46.9 Å². The van der Waals surface area contributed by atoms with Crippen molar-refractivity contribution in [2.75, 3.05) is 24.7 Å². The minimum Gasteiger partial charge on any atom is -0.481 e. The molecule has 0 aromatic rings. The quantitative estimate of drug-likeness (QED) is 0.496. The minimum atomic E-state index is -0.766. The fourth-order valence-corrected chi connectivity index (χ4v) is 1.78. The second kappa shape index (κ2) is 9.30. The van der Waals surface area contributed by atoms with Crippen LogP contribution in [0.5, 0.6) is 0 Å². The zero-order valence-corrected chi connectivity index (χ0v) is 9.35. The summed E-state index contributed by atoms with van der Waals surface area (Å²) in [5.74, 6) is 1.16. The lowest BCUT2D eigenvalue weighted by Gasteiger charge is -2.10. The predicted molar refractivity (Wildman–Crippen MR) is 58.7 cm³/mol. The molecule has 0 aliphatic carbocycles. The highest BCUT2D eigenvalue weighted by atomic mass is 32.2. The molecule has 1 atom stereocenters. The molecule has 14 heavy (non-hydrogen) atoms. The summed E-state index contributed by atoms with van der Waals surface area (Å²) in [4.78, 5) is 10.3. The molecule has 0 heterocycles. The van der Waals surface area contributed by atoms with Crippen molar-refractivity contribution >= 4 is 17.7 Å². The van der Waals surface area contributed by atoms with E-state index in [2.05, 4.69) is 5.32 Å². The zero-order valence-electron chi connectivity index (χ0n) is 8.53. The molecular weight excluding hydrogens is 202 g/mol. The summed E-state index contributed by atoms with van der Waals surface area (Å²) in [7, 11) is 0. The molecule has 0 saturated heterocycles. The van der Waals surface area contributed by atoms with Crippen molar-refractivity contribution in [3.05, 3.63) is 0 Å². The van der Waals surface area contributed by atoms with Gasteiger partial charge in [0.1, 0.15) is 0 Å². The Balaban J connectivity index is 3.14. The highest BCUT2D eigenvalue weighted by Crippen LogP contribution is 2.00. The molecule has 0 spiro atoms. The van der Waals surface area contributed by atoms with Crippen LogP contribution in [0.2, 0.25) is 0 Å². The average molecular weight is 221 g/mol. The van der Waals surface area contributed by atoms with Gasteiger partial charge in [-0.1, -0.05) is 0 Å². The van der Waals surface area contributed by atoms with Crippen LogP contribution in [-0.2, 0) is 4.79 Å². The summed E-state index contributed by atoms with van der Waals surface area (Å²) in [6, 6.07) is 0.0333. The van der Waals surface area contributed by atoms with Gasteiger partial charge in [0.15, 0.2) is 0 Å². The number of rotatable bonds is 9. The van der Waals surface area contributed by atoms with E-state index in [0.717, 1.165) is 24.5 Å². The molecular formula is C9H19NO3S. The van der Waals surface area contributed by atoms with E-state index in [1.807, 2.05) is 6.92 Å². The van der Waals surface area contributed by atoms with E-state index >= 15 is 0 Å². The molecule has 1 unspecified atom stereocenters. The van der Waals surface area contributed by atoms with Gasteiger partial charge < -0.3 is 15.5 Å². The maximum atomic E-state index is 10.3. The number of nitrogens with one attached hydrogen (secondary N) is 1. The van der Waals surface area contributed by atoms with Gasteiger partial charge in [-0.3, -0.25) is 4.79 Å². The normalized spacial score (nSPS) is 12.7. The van der Waals surface area contributed by atoms with Gasteiger partial charge in [0, 0.05) is 24.9 Å². The zero-order chi connectivity index (χ0) is 10.8. The minimum absolute atomic E-state index is 0.0333. The van der Waals surface area contributed by atoms with Crippen molar-refractivity contribution < 1.29 is 15.0 Å². The number of carbonyl (C=O) groups is 1. The SMILES string of the molecule is CC(CC(=O)O)NCCSCCCO. The Morgan fingerprint density at radius 3 is 2.79 bits per heavy atom. The van der Waals surface area contributed by atoms with E-state index in [9.17, 15) is 4.79 Å². The second-order valence-corrected chi connectivity index (χ2v) is 4.37. The molecule has 0 amide bonds. The molecule has 5 heteroatoms. The van der Waals surface area contributed by atoms with Gasteiger partial charge >= 0.3 is 5.97 Å². The first-order valence-electron chi connectivity index (χ1n) is 4.80. The third-order valence-electron chi connectivity index (χ3n) is 1.67. The van der Waals surface area contributed by atoms with Gasteiger partial charge in [-0.05, 0) is 19.1 Å². The average Bonchev–Trinajstić information content (AvgIpc) is 2.10. The Hall–Kier alpha value is -0.260. The van der Waals surface area contributed by atoms with E-state index in [4.69, 9.17) is 10.2 Å². The Kier molecular flexibility index (Phi) is 9.13. The van der Waals surface area contributed by atoms with Gasteiger partial charge in [0.05, 0.1) is 6.42 Å². The first-order chi connectivity index (χ1) is 6.66. The van der Waals surface area contributed by atoms with Crippen LogP contribution < -0.4 is 5.32 Å². The maximum Gasteiger partial charge on any atom is 0.304 e. The van der Waals surface area contributed by atoms with Gasteiger partial charge in [-0.25, -0.2) is 0 Å². The van der Waals surface area contributed by atoms with Crippen molar-refractivity contribution in [1.29, 1.82) is 0 Å². The third-order valence-corrected chi connectivity index (χ3v) is 2.74. The molecule has 0 aromatic carbocycles. The van der Waals surface area contributed by atoms with Crippen LogP contribution in [0.15, 0.2) is 0 Å². The summed E-state index contributed by atoms with van der Waals surface area (Å²) in [5, 5.41) is 20.1. The highest BCUT2D eigenvalue weighted by Gasteiger charge is 2.05. The van der Waals surface area contributed by atoms with Crippen LogP contribution in [0.1, 0.15) is 19.8 Å². The molecule has 0 rings (SSSR count). The Labute approximate surface area is 89.1 Å². The van der Waals surface area contributed by atoms with E-state index in [1.165, 1.54) is 0 Å². The van der Waals surface area contributed by atoms with Crippen LogP contribution in [0.25, 0.3) is 0 Å². The van der Waals surface area contributed by atoms with E-state index < -0.39 is 5.97 Å². The number of carboxylic acids is 1. The number of carboxylic acid groups (broad SMARTS) is 1. The first kappa shape index (κ1) is 13.7. The van der Waals surface area contributed by atoms with Crippen molar-refractivity contribution in [2.24, 2.45) is 0 Å². The molecule has 4 nitrogen and oxygen atoms in total. The molecule has 0 fully saturated rings. The molecule has 0 aliphatic heterocycles. The number of hydrogen-bond acceptors (Lipinski definition) is 4. The molecule has 0 aromatic heterocycles. The highest BCUT2D eigenvalue weighted by molar-refractivity contribution is 7.99. The summed E-state index contributed by atoms with van der Waals surface area (Å²) in [6.07, 6.45) is 0.997. The molecule has 0 bridgehead atoms. The van der Waals surface area contributed by atoms with Crippen molar-refractivity contribution in [2.45, 2.75) is 25.8 Å². The first-order valence-corrected chi connectivity index (χ1v) is 5.96. The van der Waals surface area contributed by atoms with Crippen molar-refractivity contribution in [3.63, 3.8) is 0 Å². The van der Waals surface area contributed by atoms with E-state index in [0.29, 0.717) is 0 Å². The molecule has 0 radical (unpaired) electrons. The Morgan fingerprint density at radius 2 is 2.21 bits per heavy atom. The van der Waals surface area contributed by atoms with Gasteiger partial charge in [0.25, 0.3) is 0 Å². The number of thioether (sulfide) groups is 1. The maximum absolute atomic E-state index is 10.3. The fourth-order valence-electron chi connectivity index (χ4n) is 0.980. The standard InChI is InChI=1S/C9H19NO3S/c1-8(7-9(12)13)10-3-6-14-5-2-4-11/h8,10-11H,2-7H2,1H3,(H,12,13). The largest absolute Gasteiger partial charge is 0.481 e. The van der Waals surface area contributed by atoms with Gasteiger partial charge in [-0.15, -0.1) is 0 Å². The van der Waals surface area contributed by atoms with Crippen LogP contribution >= 0.6 is 11.8 Å². The predicted octanol–water partition coefficient (Wildman–Crippen LogP) is 0.555. The monoisotopic (exact) mass is 221 g/mol. The molecule has 0 saturated carbocycles. The van der Waals surface area contributed by atoms with Crippen LogP contribution in [0.3, 0.4) is 0 Å². The lowest BCUT2D eigenvalue weighted by molar-refractivity contribution is -0.137. The number of aliphatic carboxylic acids is 1. The van der Waals surface area contributed by atoms with Crippen LogP contribution in [0, 0.1) is 0 Å². The lowest BCUT2D eigenvalue weighted by atomic mass is 10.2. The summed E-state index contributed by atoms with van der Waals surface area (Å²) >= 11 is 1.77. The molecule has 0 aliphatic rings. The summed E-state index contributed by atoms with van der Waals surface area (Å²) in [6.45, 7) is 2.94. The lowest BCUT2D eigenvalue weighted by Crippen LogP contribution is -2.30. The molecule has 84 valence electrons. The summed E-state index contributed by atoms with van der Waals surface area (Å²) in [5.41, 5.74) is 0. The van der Waals surface area contributed by atoms with Crippen LogP contribution in [0.4, 0.5) is 0 Å². The van der Waals surface area contributed by atoms with Gasteiger partial charge in [0.2, 0.25) is 0 Å². The Morgan fingerprint density at radius 1 is 1.50 bits per heavy atom. The fraction of sp³-hybridized carbons (Fsp3) is 0.889. The van der Waals surface area contributed by atoms with E-state index in [1.54, 1.807) is 11.8 Å². The topological polar surface area (TPSA) is 69.6 Å². The third kappa shape index (κ3) is 9.83. The smallest absolute Gasteiger partial charge is 0.304 e. The van der Waals surface area contributed by atoms with Gasteiger partial charge in [-0.2, -0.15) is 11.8 Å². The molecule has 3 N–H and O–H groups in total. The van der Waals surface area contributed by atoms with Crippen molar-refractivity contribution in [1.82, 2.24) is 5.32 Å². The van der Waals surface area contributed by atoms with Crippen molar-refractivity contribution in [3.8, 4) is 0 Å². The summed E-state index contributed by atoms with van der Waals surface area (Å²) < 4.78 is 0. The second-order valence-electron chi connectivity index (χ2n) is 3.14. The number of aliphatic hydroxyl groups is 1.